The van der Waals surface area contributed by atoms with Gasteiger partial charge in [-0.15, -0.1) is 0 Å². The van der Waals surface area contributed by atoms with E-state index >= 15 is 0 Å². The molecular weight excluding hydrogens is 252 g/mol. The lowest BCUT2D eigenvalue weighted by Gasteiger charge is -2.30. The lowest BCUT2D eigenvalue weighted by atomic mass is 9.89. The van der Waals surface area contributed by atoms with Crippen molar-refractivity contribution in [1.82, 2.24) is 0 Å². The summed E-state index contributed by atoms with van der Waals surface area (Å²) in [7, 11) is 0. The molecule has 0 unspecified atom stereocenters. The van der Waals surface area contributed by atoms with Crippen molar-refractivity contribution in [1.29, 1.82) is 0 Å². The van der Waals surface area contributed by atoms with Crippen LogP contribution in [-0.4, -0.2) is 19.0 Å². The SMILES string of the molecule is Nc1cc(F)c(C2=CCC3(CC2)OCCO3)cc1F. The zero-order valence-electron chi connectivity index (χ0n) is 10.4. The Hall–Kier alpha value is -1.46. The average Bonchev–Trinajstić information content (AvgIpc) is 2.84. The van der Waals surface area contributed by atoms with Crippen LogP contribution in [0.2, 0.25) is 0 Å². The predicted molar refractivity (Wildman–Crippen MR) is 67.2 cm³/mol. The van der Waals surface area contributed by atoms with Gasteiger partial charge < -0.3 is 15.2 Å². The number of nitrogens with two attached hydrogens (primary N) is 1. The van der Waals surface area contributed by atoms with E-state index in [1.165, 1.54) is 0 Å². The Morgan fingerprint density at radius 3 is 2.47 bits per heavy atom. The molecule has 1 aromatic rings. The van der Waals surface area contributed by atoms with E-state index in [9.17, 15) is 8.78 Å². The van der Waals surface area contributed by atoms with Gasteiger partial charge in [-0.2, -0.15) is 0 Å². The fraction of sp³-hybridized carbons (Fsp3) is 0.429. The second-order valence-corrected chi connectivity index (χ2v) is 4.89. The molecule has 1 heterocycles. The van der Waals surface area contributed by atoms with Gasteiger partial charge in [0.25, 0.3) is 0 Å². The van der Waals surface area contributed by atoms with Gasteiger partial charge >= 0.3 is 0 Å². The molecule has 5 heteroatoms. The first kappa shape index (κ1) is 12.6. The number of anilines is 1. The molecule has 1 aliphatic carbocycles. The second kappa shape index (κ2) is 4.58. The lowest BCUT2D eigenvalue weighted by Crippen LogP contribution is -2.31. The van der Waals surface area contributed by atoms with Crippen molar-refractivity contribution >= 4 is 11.3 Å². The molecule has 0 atom stereocenters. The van der Waals surface area contributed by atoms with Crippen LogP contribution in [0.1, 0.15) is 24.8 Å². The van der Waals surface area contributed by atoms with Crippen LogP contribution in [0.25, 0.3) is 5.57 Å². The summed E-state index contributed by atoms with van der Waals surface area (Å²) in [5.41, 5.74) is 6.23. The molecule has 0 amide bonds. The third-order valence-corrected chi connectivity index (χ3v) is 3.68. The molecule has 19 heavy (non-hydrogen) atoms. The van der Waals surface area contributed by atoms with Crippen molar-refractivity contribution in [2.24, 2.45) is 0 Å². The van der Waals surface area contributed by atoms with E-state index in [2.05, 4.69) is 0 Å². The minimum Gasteiger partial charge on any atom is -0.396 e. The molecule has 0 aromatic heterocycles. The lowest BCUT2D eigenvalue weighted by molar-refractivity contribution is -0.159. The number of hydrogen-bond acceptors (Lipinski definition) is 3. The van der Waals surface area contributed by atoms with Crippen LogP contribution >= 0.6 is 0 Å². The van der Waals surface area contributed by atoms with Gasteiger partial charge in [0, 0.05) is 24.5 Å². The average molecular weight is 267 g/mol. The summed E-state index contributed by atoms with van der Waals surface area (Å²) in [6, 6.07) is 2.18. The van der Waals surface area contributed by atoms with E-state index in [0.29, 0.717) is 32.5 Å². The molecule has 2 N–H and O–H groups in total. The first-order chi connectivity index (χ1) is 9.10. The van der Waals surface area contributed by atoms with Crippen molar-refractivity contribution in [3.8, 4) is 0 Å². The Morgan fingerprint density at radius 2 is 1.84 bits per heavy atom. The fourth-order valence-corrected chi connectivity index (χ4v) is 2.62. The molecule has 1 spiro atoms. The van der Waals surface area contributed by atoms with Crippen molar-refractivity contribution in [2.75, 3.05) is 18.9 Å². The van der Waals surface area contributed by atoms with Crippen LogP contribution in [0.3, 0.4) is 0 Å². The Balaban J connectivity index is 1.88. The molecule has 0 radical (unpaired) electrons. The molecule has 2 aliphatic rings. The number of allylic oxidation sites excluding steroid dienone is 1. The first-order valence-electron chi connectivity index (χ1n) is 6.31. The van der Waals surface area contributed by atoms with E-state index in [4.69, 9.17) is 15.2 Å². The number of rotatable bonds is 1. The standard InChI is InChI=1S/C14H15F2NO2/c15-11-8-13(17)12(16)7-10(11)9-1-3-14(4-2-9)18-5-6-19-14/h1,7-8H,2-6,17H2. The summed E-state index contributed by atoms with van der Waals surface area (Å²) in [4.78, 5) is 0. The zero-order chi connectivity index (χ0) is 13.5. The van der Waals surface area contributed by atoms with Gasteiger partial charge in [-0.3, -0.25) is 0 Å². The Bertz CT molecular complexity index is 536. The monoisotopic (exact) mass is 267 g/mol. The normalized spacial score (nSPS) is 21.7. The van der Waals surface area contributed by atoms with Gasteiger partial charge in [0.2, 0.25) is 0 Å². The highest BCUT2D eigenvalue weighted by atomic mass is 19.1. The summed E-state index contributed by atoms with van der Waals surface area (Å²) in [6.45, 7) is 1.18. The number of halogens is 2. The highest BCUT2D eigenvalue weighted by Crippen LogP contribution is 2.39. The first-order valence-corrected chi connectivity index (χ1v) is 6.31. The maximum absolute atomic E-state index is 13.8. The molecule has 1 fully saturated rings. The van der Waals surface area contributed by atoms with Crippen LogP contribution in [-0.2, 0) is 9.47 Å². The highest BCUT2D eigenvalue weighted by Gasteiger charge is 2.38. The molecule has 1 aliphatic heterocycles. The van der Waals surface area contributed by atoms with Crippen LogP contribution in [0.15, 0.2) is 18.2 Å². The largest absolute Gasteiger partial charge is 0.396 e. The van der Waals surface area contributed by atoms with E-state index in [0.717, 1.165) is 17.7 Å². The summed E-state index contributed by atoms with van der Waals surface area (Å²) < 4.78 is 38.4. The van der Waals surface area contributed by atoms with Gasteiger partial charge in [-0.05, 0) is 18.1 Å². The van der Waals surface area contributed by atoms with Gasteiger partial charge in [-0.1, -0.05) is 6.08 Å². The van der Waals surface area contributed by atoms with Gasteiger partial charge in [0.15, 0.2) is 5.79 Å². The van der Waals surface area contributed by atoms with Crippen LogP contribution in [0, 0.1) is 11.6 Å². The van der Waals surface area contributed by atoms with E-state index < -0.39 is 17.4 Å². The molecule has 0 bridgehead atoms. The van der Waals surface area contributed by atoms with Crippen molar-refractivity contribution < 1.29 is 18.3 Å². The predicted octanol–water partition coefficient (Wildman–Crippen LogP) is 2.86. The van der Waals surface area contributed by atoms with Crippen molar-refractivity contribution in [3.05, 3.63) is 35.4 Å². The topological polar surface area (TPSA) is 44.5 Å². The van der Waals surface area contributed by atoms with Crippen LogP contribution in [0.4, 0.5) is 14.5 Å². The fourth-order valence-electron chi connectivity index (χ4n) is 2.62. The van der Waals surface area contributed by atoms with Gasteiger partial charge in [0.1, 0.15) is 11.6 Å². The molecule has 0 saturated carbocycles. The van der Waals surface area contributed by atoms with Crippen molar-refractivity contribution in [3.63, 3.8) is 0 Å². The summed E-state index contributed by atoms with van der Waals surface area (Å²) >= 11 is 0. The minimum atomic E-state index is -0.592. The summed E-state index contributed by atoms with van der Waals surface area (Å²) in [5, 5.41) is 0. The summed E-state index contributed by atoms with van der Waals surface area (Å²) in [5.74, 6) is -1.63. The number of benzene rings is 1. The Labute approximate surface area is 110 Å². The quantitative estimate of drug-likeness (QED) is 0.796. The second-order valence-electron chi connectivity index (χ2n) is 4.89. The third-order valence-electron chi connectivity index (χ3n) is 3.68. The maximum Gasteiger partial charge on any atom is 0.172 e. The number of hydrogen-bond donors (Lipinski definition) is 1. The molecule has 3 nitrogen and oxygen atoms in total. The Morgan fingerprint density at radius 1 is 1.11 bits per heavy atom. The highest BCUT2D eigenvalue weighted by molar-refractivity contribution is 5.68. The number of ether oxygens (including phenoxy) is 2. The van der Waals surface area contributed by atoms with E-state index in [1.807, 2.05) is 6.08 Å². The third kappa shape index (κ3) is 2.24. The molecular formula is C14H15F2NO2. The van der Waals surface area contributed by atoms with Gasteiger partial charge in [0.05, 0.1) is 18.9 Å². The van der Waals surface area contributed by atoms with Crippen molar-refractivity contribution in [2.45, 2.75) is 25.0 Å². The molecule has 102 valence electrons. The van der Waals surface area contributed by atoms with E-state index in [1.54, 1.807) is 0 Å². The van der Waals surface area contributed by atoms with Gasteiger partial charge in [-0.25, -0.2) is 8.78 Å². The minimum absolute atomic E-state index is 0.170. The maximum atomic E-state index is 13.8. The molecule has 3 rings (SSSR count). The Kier molecular flexibility index (Phi) is 3.03. The summed E-state index contributed by atoms with van der Waals surface area (Å²) in [6.07, 6.45) is 3.68. The smallest absolute Gasteiger partial charge is 0.172 e. The molecule has 1 saturated heterocycles. The van der Waals surface area contributed by atoms with Crippen LogP contribution < -0.4 is 5.73 Å². The van der Waals surface area contributed by atoms with E-state index in [-0.39, 0.29) is 11.3 Å². The molecule has 1 aromatic carbocycles. The zero-order valence-corrected chi connectivity index (χ0v) is 10.4. The number of nitrogen functional groups attached to an aromatic ring is 1. The van der Waals surface area contributed by atoms with Crippen LogP contribution in [0.5, 0.6) is 0 Å².